The number of nitrogens with two attached hydrogens (primary N) is 1. The molecular formula is C23H24N8O5S2. The molecule has 1 aromatic carbocycles. The summed E-state index contributed by atoms with van der Waals surface area (Å²) >= 11 is 1.55. The van der Waals surface area contributed by atoms with Crippen LogP contribution in [0.2, 0.25) is 0 Å². The van der Waals surface area contributed by atoms with E-state index < -0.39 is 15.9 Å². The smallest absolute Gasteiger partial charge is 0.277 e. The Balaban J connectivity index is 1.51. The summed E-state index contributed by atoms with van der Waals surface area (Å²) in [7, 11) is -2.06. The number of amides is 1. The Morgan fingerprint density at radius 2 is 1.95 bits per heavy atom. The minimum absolute atomic E-state index is 0.0123. The van der Waals surface area contributed by atoms with Gasteiger partial charge in [0.25, 0.3) is 5.91 Å². The number of sulfonamides is 1. The zero-order chi connectivity index (χ0) is 26.9. The number of hydroxylamine groups is 1. The first kappa shape index (κ1) is 25.9. The molecule has 0 aliphatic carbocycles. The van der Waals surface area contributed by atoms with Crippen molar-refractivity contribution in [3.8, 4) is 11.4 Å². The molecule has 1 amide bonds. The molecular weight excluding hydrogens is 532 g/mol. The van der Waals surface area contributed by atoms with Crippen LogP contribution in [0.5, 0.6) is 0 Å². The Labute approximate surface area is 221 Å². The van der Waals surface area contributed by atoms with Gasteiger partial charge in [-0.3, -0.25) is 10.0 Å². The van der Waals surface area contributed by atoms with Crippen LogP contribution in [0, 0.1) is 0 Å². The van der Waals surface area contributed by atoms with Crippen LogP contribution in [0.25, 0.3) is 21.6 Å². The number of nitrogens with zero attached hydrogens (tertiary/aromatic N) is 6. The largest absolute Gasteiger partial charge is 0.378 e. The normalized spacial score (nSPS) is 14.0. The maximum absolute atomic E-state index is 11.9. The fourth-order valence-electron chi connectivity index (χ4n) is 3.98. The van der Waals surface area contributed by atoms with Gasteiger partial charge in [-0.25, -0.2) is 39.0 Å². The van der Waals surface area contributed by atoms with Gasteiger partial charge in [0.15, 0.2) is 11.6 Å². The SMILES string of the molecule is CN(Cc1cc2nc(-c3cccc(S(N)(=O)=O)c3)nc(N3CCOCC3)c2s1)c1ncc(C(=O)NO)cn1. The van der Waals surface area contributed by atoms with Crippen LogP contribution in [-0.4, -0.2) is 72.8 Å². The predicted octanol–water partition coefficient (Wildman–Crippen LogP) is 1.39. The second kappa shape index (κ2) is 10.5. The van der Waals surface area contributed by atoms with Crippen molar-refractivity contribution >= 4 is 49.3 Å². The Bertz CT molecular complexity index is 1590. The van der Waals surface area contributed by atoms with Gasteiger partial charge in [0.2, 0.25) is 16.0 Å². The average molecular weight is 557 g/mol. The molecule has 4 heterocycles. The number of aromatic nitrogens is 4. The Kier molecular flexibility index (Phi) is 7.18. The quantitative estimate of drug-likeness (QED) is 0.221. The van der Waals surface area contributed by atoms with Gasteiger partial charge < -0.3 is 14.5 Å². The van der Waals surface area contributed by atoms with Crippen LogP contribution in [0.3, 0.4) is 0 Å². The molecule has 0 unspecified atom stereocenters. The molecule has 1 aliphatic heterocycles. The van der Waals surface area contributed by atoms with E-state index in [2.05, 4.69) is 14.9 Å². The molecule has 15 heteroatoms. The number of hydrogen-bond acceptors (Lipinski definition) is 12. The second-order valence-corrected chi connectivity index (χ2v) is 11.2. The Morgan fingerprint density at radius 1 is 1.21 bits per heavy atom. The maximum atomic E-state index is 11.9. The molecule has 4 aromatic rings. The number of hydrogen-bond donors (Lipinski definition) is 3. The van der Waals surface area contributed by atoms with Crippen molar-refractivity contribution in [3.63, 3.8) is 0 Å². The summed E-state index contributed by atoms with van der Waals surface area (Å²) < 4.78 is 30.2. The average Bonchev–Trinajstić information content (AvgIpc) is 3.34. The summed E-state index contributed by atoms with van der Waals surface area (Å²) in [6.07, 6.45) is 2.67. The van der Waals surface area contributed by atoms with E-state index >= 15 is 0 Å². The zero-order valence-corrected chi connectivity index (χ0v) is 21.9. The number of primary sulfonamides is 1. The van der Waals surface area contributed by atoms with E-state index in [0.717, 1.165) is 20.9 Å². The van der Waals surface area contributed by atoms with E-state index in [9.17, 15) is 13.2 Å². The van der Waals surface area contributed by atoms with Gasteiger partial charge in [-0.05, 0) is 18.2 Å². The lowest BCUT2D eigenvalue weighted by Crippen LogP contribution is -2.36. The number of ether oxygens (including phenoxy) is 1. The first-order valence-electron chi connectivity index (χ1n) is 11.5. The fraction of sp³-hybridized carbons (Fsp3) is 0.261. The minimum Gasteiger partial charge on any atom is -0.378 e. The van der Waals surface area contributed by atoms with Crippen molar-refractivity contribution in [2.75, 3.05) is 43.2 Å². The number of morpholine rings is 1. The van der Waals surface area contributed by atoms with Crippen LogP contribution in [0.1, 0.15) is 15.2 Å². The van der Waals surface area contributed by atoms with Crippen LogP contribution >= 0.6 is 11.3 Å². The Morgan fingerprint density at radius 3 is 2.63 bits per heavy atom. The van der Waals surface area contributed by atoms with Crippen molar-refractivity contribution in [2.45, 2.75) is 11.4 Å². The predicted molar refractivity (Wildman–Crippen MR) is 141 cm³/mol. The van der Waals surface area contributed by atoms with Crippen LogP contribution < -0.4 is 20.4 Å². The van der Waals surface area contributed by atoms with Crippen molar-refractivity contribution in [3.05, 3.63) is 53.2 Å². The summed E-state index contributed by atoms with van der Waals surface area (Å²) in [5.74, 6) is 0.854. The van der Waals surface area contributed by atoms with E-state index in [1.165, 1.54) is 24.5 Å². The number of anilines is 2. The third-order valence-electron chi connectivity index (χ3n) is 5.87. The monoisotopic (exact) mass is 556 g/mol. The maximum Gasteiger partial charge on any atom is 0.277 e. The van der Waals surface area contributed by atoms with Crippen LogP contribution in [0.4, 0.5) is 11.8 Å². The molecule has 1 fully saturated rings. The van der Waals surface area contributed by atoms with E-state index in [4.69, 9.17) is 25.1 Å². The molecule has 0 spiro atoms. The third kappa shape index (κ3) is 5.41. The number of benzene rings is 1. The highest BCUT2D eigenvalue weighted by molar-refractivity contribution is 7.89. The van der Waals surface area contributed by atoms with Crippen molar-refractivity contribution in [2.24, 2.45) is 5.14 Å². The zero-order valence-electron chi connectivity index (χ0n) is 20.2. The molecule has 3 aromatic heterocycles. The lowest BCUT2D eigenvalue weighted by Gasteiger charge is -2.28. The summed E-state index contributed by atoms with van der Waals surface area (Å²) in [5.41, 5.74) is 2.95. The first-order valence-corrected chi connectivity index (χ1v) is 13.8. The summed E-state index contributed by atoms with van der Waals surface area (Å²) in [4.78, 5) is 34.5. The summed E-state index contributed by atoms with van der Waals surface area (Å²) in [6, 6.07) is 8.23. The highest BCUT2D eigenvalue weighted by atomic mass is 32.2. The van der Waals surface area contributed by atoms with Gasteiger partial charge in [-0.1, -0.05) is 12.1 Å². The molecule has 13 nitrogen and oxygen atoms in total. The lowest BCUT2D eigenvalue weighted by molar-refractivity contribution is 0.0705. The van der Waals surface area contributed by atoms with Gasteiger partial charge in [0, 0.05) is 43.0 Å². The van der Waals surface area contributed by atoms with Crippen molar-refractivity contribution in [1.29, 1.82) is 0 Å². The summed E-state index contributed by atoms with van der Waals surface area (Å²) in [6.45, 7) is 2.94. The standard InChI is InChI=1S/C23H24N8O5S2/c1-30(23-25-11-15(12-26-23)22(32)29-33)13-16-10-18-19(37-16)21(31-5-7-36-8-6-31)28-20(27-18)14-3-2-4-17(9-14)38(24,34)35/h2-4,9-12,33H,5-8,13H2,1H3,(H,29,32)(H2,24,34,35). The molecule has 0 bridgehead atoms. The number of carbonyl (C=O) groups is 1. The number of fused-ring (bicyclic) bond motifs is 1. The van der Waals surface area contributed by atoms with Crippen molar-refractivity contribution in [1.82, 2.24) is 25.4 Å². The summed E-state index contributed by atoms with van der Waals surface area (Å²) in [5, 5.41) is 14.1. The molecule has 0 saturated carbocycles. The Hall–Kier alpha value is -3.76. The molecule has 4 N–H and O–H groups in total. The third-order valence-corrected chi connectivity index (χ3v) is 7.89. The topological polar surface area (TPSA) is 177 Å². The molecule has 0 radical (unpaired) electrons. The van der Waals surface area contributed by atoms with E-state index in [-0.39, 0.29) is 10.5 Å². The van der Waals surface area contributed by atoms with Gasteiger partial charge >= 0.3 is 0 Å². The highest BCUT2D eigenvalue weighted by Gasteiger charge is 2.21. The van der Waals surface area contributed by atoms with E-state index in [0.29, 0.717) is 50.2 Å². The van der Waals surface area contributed by atoms with Gasteiger partial charge in [-0.15, -0.1) is 11.3 Å². The number of nitrogens with one attached hydrogen (secondary N) is 1. The minimum atomic E-state index is -3.88. The number of carbonyl (C=O) groups excluding carboxylic acids is 1. The molecule has 1 saturated heterocycles. The molecule has 0 atom stereocenters. The molecule has 198 valence electrons. The van der Waals surface area contributed by atoms with Gasteiger partial charge in [-0.2, -0.15) is 0 Å². The van der Waals surface area contributed by atoms with Crippen molar-refractivity contribution < 1.29 is 23.2 Å². The van der Waals surface area contributed by atoms with E-state index in [1.54, 1.807) is 28.9 Å². The van der Waals surface area contributed by atoms with Gasteiger partial charge in [0.1, 0.15) is 0 Å². The fourth-order valence-corrected chi connectivity index (χ4v) is 5.70. The van der Waals surface area contributed by atoms with Crippen LogP contribution in [-0.2, 0) is 21.3 Å². The molecule has 1 aliphatic rings. The molecule has 38 heavy (non-hydrogen) atoms. The lowest BCUT2D eigenvalue weighted by atomic mass is 10.2. The van der Waals surface area contributed by atoms with Gasteiger partial charge in [0.05, 0.1) is 40.4 Å². The second-order valence-electron chi connectivity index (χ2n) is 8.54. The first-order chi connectivity index (χ1) is 18.2. The molecule has 5 rings (SSSR count). The number of rotatable bonds is 7. The highest BCUT2D eigenvalue weighted by Crippen LogP contribution is 2.35. The van der Waals surface area contributed by atoms with Crippen LogP contribution in [0.15, 0.2) is 47.6 Å². The van der Waals surface area contributed by atoms with E-state index in [1.807, 2.05) is 18.0 Å². The number of thiophene rings is 1.